The molecule has 1 aromatic heterocycles. The minimum absolute atomic E-state index is 0.332. The minimum Gasteiger partial charge on any atom is -0.351 e. The van der Waals surface area contributed by atoms with Gasteiger partial charge in [0.05, 0.1) is 36.6 Å². The van der Waals surface area contributed by atoms with Crippen LogP contribution in [-0.4, -0.2) is 58.2 Å². The number of piperidine rings is 2. The molecule has 3 heterocycles. The van der Waals surface area contributed by atoms with Gasteiger partial charge in [0.2, 0.25) is 0 Å². The lowest BCUT2D eigenvalue weighted by atomic mass is 9.95. The number of benzene rings is 1. The molecule has 1 aromatic carbocycles. The number of aromatic nitrogens is 2. The molecule has 8 nitrogen and oxygen atoms in total. The quantitative estimate of drug-likeness (QED) is 0.675. The Bertz CT molecular complexity index is 964. The minimum atomic E-state index is -0.807. The summed E-state index contributed by atoms with van der Waals surface area (Å²) in [5.41, 5.74) is 6.76. The molecule has 29 heavy (non-hydrogen) atoms. The summed E-state index contributed by atoms with van der Waals surface area (Å²) in [7, 11) is 0. The molecule has 2 amide bonds. The van der Waals surface area contributed by atoms with E-state index in [1.165, 1.54) is 6.42 Å². The van der Waals surface area contributed by atoms with Gasteiger partial charge in [-0.15, -0.1) is 0 Å². The van der Waals surface area contributed by atoms with Gasteiger partial charge in [-0.1, -0.05) is 6.07 Å². The van der Waals surface area contributed by atoms with Crippen molar-refractivity contribution in [3.8, 4) is 0 Å². The van der Waals surface area contributed by atoms with Crippen molar-refractivity contribution in [2.24, 2.45) is 5.73 Å². The number of nitrogens with two attached hydrogens (primary N) is 1. The molecule has 0 unspecified atom stereocenters. The summed E-state index contributed by atoms with van der Waals surface area (Å²) in [5.74, 6) is 0.332. The van der Waals surface area contributed by atoms with Crippen LogP contribution in [0.5, 0.6) is 0 Å². The Hall–Kier alpha value is -2.45. The van der Waals surface area contributed by atoms with Gasteiger partial charge in [0.15, 0.2) is 0 Å². The van der Waals surface area contributed by atoms with Gasteiger partial charge >= 0.3 is 17.6 Å². The number of imidazole rings is 1. The van der Waals surface area contributed by atoms with E-state index in [1.807, 2.05) is 6.07 Å². The number of nitrogens with zero attached hydrogens (tertiary/aromatic N) is 2. The van der Waals surface area contributed by atoms with Gasteiger partial charge in [0.1, 0.15) is 0 Å². The largest absolute Gasteiger partial charge is 0.351 e. The molecule has 0 atom stereocenters. The molecule has 0 bridgehead atoms. The summed E-state index contributed by atoms with van der Waals surface area (Å²) >= 11 is 0. The van der Waals surface area contributed by atoms with Crippen molar-refractivity contribution in [2.75, 3.05) is 26.2 Å². The van der Waals surface area contributed by atoms with Crippen molar-refractivity contribution in [3.63, 3.8) is 0 Å². The molecule has 4 N–H and O–H groups in total. The van der Waals surface area contributed by atoms with Gasteiger partial charge in [-0.3, -0.25) is 4.48 Å². The highest BCUT2D eigenvalue weighted by molar-refractivity contribution is 5.88. The Balaban J connectivity index is 1.54. The van der Waals surface area contributed by atoms with E-state index >= 15 is 0 Å². The lowest BCUT2D eigenvalue weighted by Gasteiger charge is -2.46. The lowest BCUT2D eigenvalue weighted by Crippen LogP contribution is -2.63. The molecule has 0 spiro atoms. The molecular formula is C21H30N5O3+. The molecule has 4 rings (SSSR count). The second-order valence-electron chi connectivity index (χ2n) is 8.37. The Morgan fingerprint density at radius 2 is 1.86 bits per heavy atom. The third-order valence-corrected chi connectivity index (χ3v) is 6.71. The van der Waals surface area contributed by atoms with Crippen LogP contribution in [0.3, 0.4) is 0 Å². The topological polar surface area (TPSA) is 110 Å². The predicted molar refractivity (Wildman–Crippen MR) is 111 cm³/mol. The molecule has 2 saturated heterocycles. The first kappa shape index (κ1) is 19.8. The zero-order chi connectivity index (χ0) is 20.4. The fourth-order valence-corrected chi connectivity index (χ4v) is 5.19. The molecule has 0 saturated carbocycles. The number of hydrogen-bond acceptors (Lipinski definition) is 4. The van der Waals surface area contributed by atoms with Crippen LogP contribution in [0.4, 0.5) is 4.79 Å². The molecular weight excluding hydrogens is 370 g/mol. The third kappa shape index (κ3) is 3.74. The SMILES string of the molecule is NC(=O)n1c(=O)[nH]c2ccc(CCC(=O)[N+]3(C4CCNCC4)CCCCC3)cc21. The number of carbonyl (C=O) groups excluding carboxylic acids is 2. The Labute approximate surface area is 169 Å². The Morgan fingerprint density at radius 1 is 1.14 bits per heavy atom. The first-order valence-electron chi connectivity index (χ1n) is 10.7. The van der Waals surface area contributed by atoms with Crippen molar-refractivity contribution in [2.45, 2.75) is 51.0 Å². The van der Waals surface area contributed by atoms with Crippen molar-refractivity contribution < 1.29 is 14.1 Å². The number of primary amides is 1. The van der Waals surface area contributed by atoms with E-state index in [-0.39, 0.29) is 0 Å². The van der Waals surface area contributed by atoms with Crippen LogP contribution in [0.2, 0.25) is 0 Å². The van der Waals surface area contributed by atoms with Crippen LogP contribution in [0, 0.1) is 0 Å². The van der Waals surface area contributed by atoms with Crippen LogP contribution in [0.25, 0.3) is 11.0 Å². The van der Waals surface area contributed by atoms with Gasteiger partial charge in [-0.25, -0.2) is 19.0 Å². The predicted octanol–water partition coefficient (Wildman–Crippen LogP) is 1.47. The number of fused-ring (bicyclic) bond motifs is 1. The fourth-order valence-electron chi connectivity index (χ4n) is 5.19. The van der Waals surface area contributed by atoms with E-state index in [9.17, 15) is 14.4 Å². The van der Waals surface area contributed by atoms with E-state index < -0.39 is 11.7 Å². The molecule has 2 aliphatic heterocycles. The summed E-state index contributed by atoms with van der Waals surface area (Å²) in [6.45, 7) is 3.91. The maximum absolute atomic E-state index is 13.5. The second-order valence-corrected chi connectivity index (χ2v) is 8.37. The number of carbonyl (C=O) groups is 2. The van der Waals surface area contributed by atoms with Crippen molar-refractivity contribution >= 4 is 23.0 Å². The average molecular weight is 401 g/mol. The van der Waals surface area contributed by atoms with Gasteiger partial charge in [0, 0.05) is 25.9 Å². The summed E-state index contributed by atoms with van der Waals surface area (Å²) in [4.78, 5) is 39.6. The van der Waals surface area contributed by atoms with E-state index in [2.05, 4.69) is 10.3 Å². The third-order valence-electron chi connectivity index (χ3n) is 6.71. The number of hydrogen-bond donors (Lipinski definition) is 3. The Morgan fingerprint density at radius 3 is 2.55 bits per heavy atom. The van der Waals surface area contributed by atoms with Crippen molar-refractivity contribution in [3.05, 3.63) is 34.2 Å². The molecule has 0 radical (unpaired) electrons. The highest BCUT2D eigenvalue weighted by Crippen LogP contribution is 2.30. The number of nitrogens with one attached hydrogen (secondary N) is 2. The van der Waals surface area contributed by atoms with Crippen molar-refractivity contribution in [1.29, 1.82) is 0 Å². The van der Waals surface area contributed by atoms with Gasteiger partial charge < -0.3 is 16.0 Å². The Kier molecular flexibility index (Phi) is 5.56. The molecule has 2 aliphatic rings. The maximum atomic E-state index is 13.5. The van der Waals surface area contributed by atoms with Gasteiger partial charge in [-0.05, 0) is 43.4 Å². The van der Waals surface area contributed by atoms with Crippen LogP contribution < -0.4 is 16.7 Å². The van der Waals surface area contributed by atoms with E-state index in [0.29, 0.717) is 40.3 Å². The molecule has 2 fully saturated rings. The molecule has 0 aliphatic carbocycles. The number of quaternary nitrogens is 1. The summed E-state index contributed by atoms with van der Waals surface area (Å²) in [6.07, 6.45) is 6.65. The average Bonchev–Trinajstić information content (AvgIpc) is 3.08. The zero-order valence-electron chi connectivity index (χ0n) is 16.8. The van der Waals surface area contributed by atoms with Crippen LogP contribution in [0.1, 0.15) is 44.1 Å². The highest BCUT2D eigenvalue weighted by atomic mass is 16.2. The van der Waals surface area contributed by atoms with E-state index in [4.69, 9.17) is 5.73 Å². The number of H-pyrrole nitrogens is 1. The number of aromatic amines is 1. The number of aryl methyl sites for hydroxylation is 1. The van der Waals surface area contributed by atoms with Crippen LogP contribution >= 0.6 is 0 Å². The number of rotatable bonds is 4. The lowest BCUT2D eigenvalue weighted by molar-refractivity contribution is -0.885. The number of likely N-dealkylation sites (tertiary alicyclic amines) is 1. The first-order chi connectivity index (χ1) is 14.0. The second kappa shape index (κ2) is 8.12. The summed E-state index contributed by atoms with van der Waals surface area (Å²) < 4.78 is 1.58. The van der Waals surface area contributed by atoms with Crippen molar-refractivity contribution in [1.82, 2.24) is 14.9 Å². The van der Waals surface area contributed by atoms with Gasteiger partial charge in [0.25, 0.3) is 0 Å². The van der Waals surface area contributed by atoms with E-state index in [1.54, 1.807) is 12.1 Å². The first-order valence-corrected chi connectivity index (χ1v) is 10.7. The molecule has 2 aromatic rings. The van der Waals surface area contributed by atoms with Crippen LogP contribution in [0.15, 0.2) is 23.0 Å². The van der Waals surface area contributed by atoms with Gasteiger partial charge in [-0.2, -0.15) is 0 Å². The van der Waals surface area contributed by atoms with E-state index in [0.717, 1.165) is 62.0 Å². The summed E-state index contributed by atoms with van der Waals surface area (Å²) in [5, 5.41) is 3.41. The fraction of sp³-hybridized carbons (Fsp3) is 0.571. The number of amides is 2. The molecule has 156 valence electrons. The summed E-state index contributed by atoms with van der Waals surface area (Å²) in [6, 6.07) is 5.08. The standard InChI is InChI=1S/C21H29N5O3/c22-20(28)25-18-14-15(4-6-17(18)24-21(25)29)5-7-19(27)26(12-2-1-3-13-26)16-8-10-23-11-9-16/h4,6,14,16,23H,1-3,5,7-13H2,(H2-,22,24,28,29)/p+1. The monoisotopic (exact) mass is 400 g/mol. The smallest absolute Gasteiger partial charge is 0.334 e. The molecule has 8 heteroatoms. The van der Waals surface area contributed by atoms with Crippen LogP contribution in [-0.2, 0) is 11.2 Å². The normalized spacial score (nSPS) is 20.0. The maximum Gasteiger partial charge on any atom is 0.334 e. The zero-order valence-corrected chi connectivity index (χ0v) is 16.8. The highest BCUT2D eigenvalue weighted by Gasteiger charge is 2.44.